The minimum atomic E-state index is -0.430. The Labute approximate surface area is 135 Å². The van der Waals surface area contributed by atoms with Crippen molar-refractivity contribution in [2.24, 2.45) is 11.7 Å². The van der Waals surface area contributed by atoms with Gasteiger partial charge in [-0.25, -0.2) is 4.68 Å². The first-order valence-corrected chi connectivity index (χ1v) is 7.87. The van der Waals surface area contributed by atoms with Crippen LogP contribution in [0.2, 0.25) is 0 Å². The standard InChI is InChI=1S/C15H25N5O3/c1-15(2,3)20-9-12(18-19-20)14(22)17-11(8-13(16)21)10-4-6-23-7-5-10/h9-11H,4-8H2,1-3H3,(H2,16,21)(H,17,22). The zero-order valence-electron chi connectivity index (χ0n) is 13.9. The van der Waals surface area contributed by atoms with Crippen LogP contribution in [0.4, 0.5) is 0 Å². The molecule has 0 aliphatic carbocycles. The van der Waals surface area contributed by atoms with Gasteiger partial charge in [0.1, 0.15) is 0 Å². The summed E-state index contributed by atoms with van der Waals surface area (Å²) in [5.74, 6) is -0.587. The van der Waals surface area contributed by atoms with Crippen molar-refractivity contribution in [2.45, 2.75) is 51.6 Å². The maximum atomic E-state index is 12.4. The van der Waals surface area contributed by atoms with E-state index in [0.29, 0.717) is 13.2 Å². The number of amides is 2. The van der Waals surface area contributed by atoms with Crippen LogP contribution in [0.15, 0.2) is 6.20 Å². The second-order valence-corrected chi connectivity index (χ2v) is 6.92. The van der Waals surface area contributed by atoms with E-state index in [-0.39, 0.29) is 35.5 Å². The fourth-order valence-electron chi connectivity index (χ4n) is 2.61. The molecule has 128 valence electrons. The average molecular weight is 323 g/mol. The minimum absolute atomic E-state index is 0.115. The predicted molar refractivity (Wildman–Crippen MR) is 83.6 cm³/mol. The first-order valence-electron chi connectivity index (χ1n) is 7.87. The van der Waals surface area contributed by atoms with Crippen molar-refractivity contribution in [1.82, 2.24) is 20.3 Å². The molecule has 0 bridgehead atoms. The van der Waals surface area contributed by atoms with Crippen molar-refractivity contribution in [2.75, 3.05) is 13.2 Å². The number of rotatable bonds is 5. The van der Waals surface area contributed by atoms with Crippen LogP contribution in [-0.2, 0) is 15.1 Å². The van der Waals surface area contributed by atoms with Gasteiger partial charge in [-0.05, 0) is 39.5 Å². The Balaban J connectivity index is 2.07. The maximum Gasteiger partial charge on any atom is 0.273 e. The lowest BCUT2D eigenvalue weighted by Gasteiger charge is -2.30. The molecule has 1 aromatic heterocycles. The molecule has 2 heterocycles. The third-order valence-electron chi connectivity index (χ3n) is 3.99. The van der Waals surface area contributed by atoms with Gasteiger partial charge >= 0.3 is 0 Å². The third kappa shape index (κ3) is 4.75. The van der Waals surface area contributed by atoms with E-state index in [4.69, 9.17) is 10.5 Å². The lowest BCUT2D eigenvalue weighted by molar-refractivity contribution is -0.118. The van der Waals surface area contributed by atoms with Crippen LogP contribution in [0.25, 0.3) is 0 Å². The van der Waals surface area contributed by atoms with Gasteiger partial charge in [0.25, 0.3) is 5.91 Å². The summed E-state index contributed by atoms with van der Waals surface area (Å²) in [5.41, 5.74) is 5.31. The average Bonchev–Trinajstić information content (AvgIpc) is 2.97. The van der Waals surface area contributed by atoms with Crippen molar-refractivity contribution in [1.29, 1.82) is 0 Å². The second-order valence-electron chi connectivity index (χ2n) is 6.92. The lowest BCUT2D eigenvalue weighted by atomic mass is 9.89. The van der Waals surface area contributed by atoms with Crippen molar-refractivity contribution < 1.29 is 14.3 Å². The van der Waals surface area contributed by atoms with E-state index < -0.39 is 5.91 Å². The first-order chi connectivity index (χ1) is 10.8. The highest BCUT2D eigenvalue weighted by molar-refractivity contribution is 5.92. The van der Waals surface area contributed by atoms with Gasteiger partial charge in [-0.3, -0.25) is 9.59 Å². The van der Waals surface area contributed by atoms with Gasteiger partial charge in [-0.1, -0.05) is 5.21 Å². The Morgan fingerprint density at radius 2 is 2.09 bits per heavy atom. The molecule has 2 amide bonds. The molecule has 1 atom stereocenters. The number of ether oxygens (including phenoxy) is 1. The Morgan fingerprint density at radius 1 is 1.43 bits per heavy atom. The normalized spacial score (nSPS) is 17.7. The van der Waals surface area contributed by atoms with Gasteiger partial charge in [0.05, 0.1) is 11.7 Å². The van der Waals surface area contributed by atoms with Gasteiger partial charge < -0.3 is 15.8 Å². The Bertz CT molecular complexity index is 558. The highest BCUT2D eigenvalue weighted by atomic mass is 16.5. The van der Waals surface area contributed by atoms with E-state index in [0.717, 1.165) is 12.8 Å². The van der Waals surface area contributed by atoms with E-state index in [1.54, 1.807) is 10.9 Å². The summed E-state index contributed by atoms with van der Waals surface area (Å²) in [6.07, 6.45) is 3.32. The molecule has 1 unspecified atom stereocenters. The van der Waals surface area contributed by atoms with Crippen molar-refractivity contribution in [3.8, 4) is 0 Å². The maximum absolute atomic E-state index is 12.4. The molecular weight excluding hydrogens is 298 g/mol. The van der Waals surface area contributed by atoms with Gasteiger partial charge in [0, 0.05) is 25.7 Å². The number of aromatic nitrogens is 3. The number of carbonyl (C=O) groups excluding carboxylic acids is 2. The Kier molecular flexibility index (Phi) is 5.35. The van der Waals surface area contributed by atoms with E-state index in [1.165, 1.54) is 0 Å². The molecule has 23 heavy (non-hydrogen) atoms. The molecular formula is C15H25N5O3. The first kappa shape index (κ1) is 17.4. The van der Waals surface area contributed by atoms with E-state index >= 15 is 0 Å². The molecule has 0 spiro atoms. The van der Waals surface area contributed by atoms with Crippen molar-refractivity contribution in [3.63, 3.8) is 0 Å². The van der Waals surface area contributed by atoms with Gasteiger partial charge in [-0.2, -0.15) is 0 Å². The second kappa shape index (κ2) is 7.08. The summed E-state index contributed by atoms with van der Waals surface area (Å²) in [6.45, 7) is 7.19. The molecule has 1 aromatic rings. The molecule has 0 saturated carbocycles. The number of nitrogens with two attached hydrogens (primary N) is 1. The lowest BCUT2D eigenvalue weighted by Crippen LogP contribution is -2.44. The molecule has 3 N–H and O–H groups in total. The van der Waals surface area contributed by atoms with E-state index in [2.05, 4.69) is 15.6 Å². The summed E-state index contributed by atoms with van der Waals surface area (Å²) in [6, 6.07) is -0.302. The number of nitrogens with one attached hydrogen (secondary N) is 1. The van der Waals surface area contributed by atoms with Gasteiger partial charge in [-0.15, -0.1) is 5.10 Å². The van der Waals surface area contributed by atoms with Crippen LogP contribution in [0, 0.1) is 5.92 Å². The fourth-order valence-corrected chi connectivity index (χ4v) is 2.61. The summed E-state index contributed by atoms with van der Waals surface area (Å²) < 4.78 is 6.97. The Hall–Kier alpha value is -1.96. The highest BCUT2D eigenvalue weighted by Crippen LogP contribution is 2.21. The third-order valence-corrected chi connectivity index (χ3v) is 3.99. The van der Waals surface area contributed by atoms with Crippen LogP contribution in [0.1, 0.15) is 50.5 Å². The molecule has 1 aliphatic heterocycles. The number of carbonyl (C=O) groups is 2. The largest absolute Gasteiger partial charge is 0.381 e. The van der Waals surface area contributed by atoms with E-state index in [9.17, 15) is 9.59 Å². The van der Waals surface area contributed by atoms with Crippen LogP contribution in [0.3, 0.4) is 0 Å². The SMILES string of the molecule is CC(C)(C)n1cc(C(=O)NC(CC(N)=O)C2CCOCC2)nn1. The quantitative estimate of drug-likeness (QED) is 0.816. The molecule has 1 fully saturated rings. The van der Waals surface area contributed by atoms with Crippen molar-refractivity contribution in [3.05, 3.63) is 11.9 Å². The molecule has 1 saturated heterocycles. The molecule has 1 aliphatic rings. The van der Waals surface area contributed by atoms with Gasteiger partial charge in [0.2, 0.25) is 5.91 Å². The van der Waals surface area contributed by atoms with Crippen LogP contribution in [0.5, 0.6) is 0 Å². The van der Waals surface area contributed by atoms with Crippen LogP contribution < -0.4 is 11.1 Å². The summed E-state index contributed by atoms with van der Waals surface area (Å²) in [5, 5.41) is 10.8. The van der Waals surface area contributed by atoms with Gasteiger partial charge in [0.15, 0.2) is 5.69 Å². The highest BCUT2D eigenvalue weighted by Gasteiger charge is 2.28. The minimum Gasteiger partial charge on any atom is -0.381 e. The zero-order chi connectivity index (χ0) is 17.0. The monoisotopic (exact) mass is 323 g/mol. The number of nitrogens with zero attached hydrogens (tertiary/aromatic N) is 3. The fraction of sp³-hybridized carbons (Fsp3) is 0.733. The summed E-state index contributed by atoms with van der Waals surface area (Å²) in [7, 11) is 0. The summed E-state index contributed by atoms with van der Waals surface area (Å²) >= 11 is 0. The molecule has 0 radical (unpaired) electrons. The molecule has 8 heteroatoms. The number of hydrogen-bond donors (Lipinski definition) is 2. The predicted octanol–water partition coefficient (Wildman–Crippen LogP) is 0.434. The molecule has 2 rings (SSSR count). The van der Waals surface area contributed by atoms with E-state index in [1.807, 2.05) is 20.8 Å². The Morgan fingerprint density at radius 3 is 2.61 bits per heavy atom. The smallest absolute Gasteiger partial charge is 0.273 e. The topological polar surface area (TPSA) is 112 Å². The van der Waals surface area contributed by atoms with Crippen LogP contribution >= 0.6 is 0 Å². The molecule has 8 nitrogen and oxygen atoms in total. The summed E-state index contributed by atoms with van der Waals surface area (Å²) in [4.78, 5) is 23.7. The zero-order valence-corrected chi connectivity index (χ0v) is 13.9. The molecule has 0 aromatic carbocycles. The van der Waals surface area contributed by atoms with Crippen molar-refractivity contribution >= 4 is 11.8 Å². The van der Waals surface area contributed by atoms with Crippen LogP contribution in [-0.4, -0.2) is 46.1 Å². The number of primary amides is 1. The number of hydrogen-bond acceptors (Lipinski definition) is 5.